The molecule has 0 radical (unpaired) electrons. The van der Waals surface area contributed by atoms with Crippen LogP contribution in [0.25, 0.3) is 0 Å². The minimum atomic E-state index is -0.198. The van der Waals surface area contributed by atoms with Gasteiger partial charge < -0.3 is 20.9 Å². The SMILES string of the molecule is N#Cc1ccc(C(=O)N2CCC(C(=O)Nc3ccc4cc3CCc3cccc(c3)Nc3ncc(Cl)c(n3)N4)CC2)cc1. The number of piperidine rings is 1. The van der Waals surface area contributed by atoms with Crippen molar-refractivity contribution in [2.24, 2.45) is 5.92 Å². The molecule has 1 fully saturated rings. The van der Waals surface area contributed by atoms with Gasteiger partial charge in [0.1, 0.15) is 5.02 Å². The molecule has 9 nitrogen and oxygen atoms in total. The highest BCUT2D eigenvalue weighted by Gasteiger charge is 2.28. The molecule has 0 spiro atoms. The fourth-order valence-corrected chi connectivity index (χ4v) is 5.45. The van der Waals surface area contributed by atoms with Gasteiger partial charge in [-0.25, -0.2) is 4.98 Å². The summed E-state index contributed by atoms with van der Waals surface area (Å²) < 4.78 is 0. The van der Waals surface area contributed by atoms with E-state index in [1.165, 1.54) is 0 Å². The molecule has 3 N–H and O–H groups in total. The number of nitrogens with one attached hydrogen (secondary N) is 3. The number of carbonyl (C=O) groups is 2. The van der Waals surface area contributed by atoms with Gasteiger partial charge in [-0.2, -0.15) is 10.2 Å². The first-order valence-corrected chi connectivity index (χ1v) is 14.2. The van der Waals surface area contributed by atoms with Crippen molar-refractivity contribution < 1.29 is 9.59 Å². The molecule has 42 heavy (non-hydrogen) atoms. The number of aromatic nitrogens is 2. The number of hydrogen-bond acceptors (Lipinski definition) is 7. The van der Waals surface area contributed by atoms with Gasteiger partial charge in [-0.15, -0.1) is 0 Å². The third-order valence-corrected chi connectivity index (χ3v) is 7.93. The fraction of sp³-hybridized carbons (Fsp3) is 0.219. The molecule has 0 atom stereocenters. The Morgan fingerprint density at radius 1 is 0.976 bits per heavy atom. The van der Waals surface area contributed by atoms with E-state index in [2.05, 4.69) is 44.1 Å². The summed E-state index contributed by atoms with van der Waals surface area (Å²) in [5, 5.41) is 19.1. The summed E-state index contributed by atoms with van der Waals surface area (Å²) in [6, 6.07) is 22.6. The van der Waals surface area contributed by atoms with Crippen LogP contribution in [0.3, 0.4) is 0 Å². The summed E-state index contributed by atoms with van der Waals surface area (Å²) in [7, 11) is 0. The number of benzene rings is 3. The van der Waals surface area contributed by atoms with E-state index in [4.69, 9.17) is 16.9 Å². The lowest BCUT2D eigenvalue weighted by molar-refractivity contribution is -0.121. The van der Waals surface area contributed by atoms with Crippen LogP contribution >= 0.6 is 11.6 Å². The smallest absolute Gasteiger partial charge is 0.253 e. The normalized spacial score (nSPS) is 14.6. The maximum atomic E-state index is 13.4. The van der Waals surface area contributed by atoms with E-state index in [0.29, 0.717) is 60.3 Å². The molecule has 1 saturated heterocycles. The lowest BCUT2D eigenvalue weighted by Crippen LogP contribution is -2.41. The first-order valence-electron chi connectivity index (χ1n) is 13.8. The van der Waals surface area contributed by atoms with Crippen molar-refractivity contribution in [1.29, 1.82) is 5.26 Å². The molecular formula is C32H28ClN7O2. The van der Waals surface area contributed by atoms with Gasteiger partial charge in [-0.05, 0) is 91.4 Å². The third-order valence-electron chi connectivity index (χ3n) is 7.65. The summed E-state index contributed by atoms with van der Waals surface area (Å²) in [6.45, 7) is 0.997. The highest BCUT2D eigenvalue weighted by molar-refractivity contribution is 6.32. The topological polar surface area (TPSA) is 123 Å². The van der Waals surface area contributed by atoms with Crippen LogP contribution in [0.15, 0.2) is 72.9 Å². The molecule has 3 heterocycles. The number of halogens is 1. The summed E-state index contributed by atoms with van der Waals surface area (Å²) in [5.74, 6) is 0.593. The predicted octanol–water partition coefficient (Wildman–Crippen LogP) is 6.08. The number of likely N-dealkylation sites (tertiary alicyclic amines) is 1. The Kier molecular flexibility index (Phi) is 7.71. The van der Waals surface area contributed by atoms with E-state index >= 15 is 0 Å². The molecule has 210 valence electrons. The number of rotatable bonds is 3. The van der Waals surface area contributed by atoms with Crippen molar-refractivity contribution in [1.82, 2.24) is 14.9 Å². The summed E-state index contributed by atoms with van der Waals surface area (Å²) in [5.41, 5.74) is 5.64. The molecular weight excluding hydrogens is 550 g/mol. The Hall–Kier alpha value is -4.94. The zero-order valence-corrected chi connectivity index (χ0v) is 23.5. The molecule has 0 aliphatic carbocycles. The van der Waals surface area contributed by atoms with Gasteiger partial charge in [0.2, 0.25) is 11.9 Å². The second-order valence-electron chi connectivity index (χ2n) is 10.5. The molecule has 6 rings (SSSR count). The van der Waals surface area contributed by atoms with E-state index in [1.54, 1.807) is 35.4 Å². The van der Waals surface area contributed by atoms with E-state index in [0.717, 1.165) is 34.6 Å². The second-order valence-corrected chi connectivity index (χ2v) is 10.9. The maximum Gasteiger partial charge on any atom is 0.253 e. The lowest BCUT2D eigenvalue weighted by atomic mass is 9.94. The Bertz CT molecular complexity index is 1690. The number of carbonyl (C=O) groups excluding carboxylic acids is 2. The van der Waals surface area contributed by atoms with Gasteiger partial charge in [0.05, 0.1) is 17.8 Å². The van der Waals surface area contributed by atoms with Gasteiger partial charge >= 0.3 is 0 Å². The van der Waals surface area contributed by atoms with Crippen LogP contribution in [0.4, 0.5) is 28.8 Å². The van der Waals surface area contributed by atoms with E-state index in [-0.39, 0.29) is 17.7 Å². The van der Waals surface area contributed by atoms with Gasteiger partial charge in [-0.1, -0.05) is 23.7 Å². The summed E-state index contributed by atoms with van der Waals surface area (Å²) in [4.78, 5) is 36.9. The summed E-state index contributed by atoms with van der Waals surface area (Å²) >= 11 is 6.39. The van der Waals surface area contributed by atoms with Gasteiger partial charge in [0.25, 0.3) is 5.91 Å². The quantitative estimate of drug-likeness (QED) is 0.270. The first-order chi connectivity index (χ1) is 20.4. The predicted molar refractivity (Wildman–Crippen MR) is 162 cm³/mol. The van der Waals surface area contributed by atoms with Crippen molar-refractivity contribution in [3.05, 3.63) is 100 Å². The van der Waals surface area contributed by atoms with Crippen LogP contribution in [0.5, 0.6) is 0 Å². The largest absolute Gasteiger partial charge is 0.339 e. The highest BCUT2D eigenvalue weighted by atomic mass is 35.5. The Labute approximate surface area is 248 Å². The molecule has 4 aromatic rings. The molecule has 0 unspecified atom stereocenters. The Balaban J connectivity index is 1.17. The molecule has 2 amide bonds. The van der Waals surface area contributed by atoms with E-state index in [1.807, 2.05) is 30.3 Å². The maximum absolute atomic E-state index is 13.4. The van der Waals surface area contributed by atoms with E-state index in [9.17, 15) is 9.59 Å². The lowest BCUT2D eigenvalue weighted by Gasteiger charge is -2.31. The van der Waals surface area contributed by atoms with Crippen LogP contribution < -0.4 is 16.0 Å². The number of amides is 2. The van der Waals surface area contributed by atoms with Crippen LogP contribution in [-0.2, 0) is 17.6 Å². The number of fused-ring (bicyclic) bond motifs is 6. The average molecular weight is 578 g/mol. The van der Waals surface area contributed by atoms with Gasteiger partial charge in [0.15, 0.2) is 5.82 Å². The van der Waals surface area contributed by atoms with Crippen LogP contribution in [0, 0.1) is 17.2 Å². The molecule has 2 aliphatic rings. The molecule has 10 heteroatoms. The highest BCUT2D eigenvalue weighted by Crippen LogP contribution is 2.30. The fourth-order valence-electron chi connectivity index (χ4n) is 5.31. The zero-order chi connectivity index (χ0) is 29.1. The van der Waals surface area contributed by atoms with Crippen molar-refractivity contribution in [3.8, 4) is 6.07 Å². The summed E-state index contributed by atoms with van der Waals surface area (Å²) in [6.07, 6.45) is 4.20. The third kappa shape index (κ3) is 6.04. The van der Waals surface area contributed by atoms with Crippen LogP contribution in [0.1, 0.15) is 39.9 Å². The minimum Gasteiger partial charge on any atom is -0.339 e. The standard InChI is InChI=1S/C32H28ClN7O2/c33-27-19-35-32-37-25-3-1-2-20(16-25)4-9-24-17-26(36-29(27)39-32)10-11-28(24)38-30(41)22-12-14-40(15-13-22)31(42)23-7-5-21(18-34)6-8-23/h1-3,5-8,10-11,16-17,19,22H,4,9,12-15H2,(H,38,41)(H2,35,36,37,39). The number of aryl methyl sites for hydroxylation is 2. The Morgan fingerprint density at radius 2 is 1.76 bits per heavy atom. The minimum absolute atomic E-state index is 0.0463. The number of hydrogen-bond donors (Lipinski definition) is 3. The molecule has 1 aromatic heterocycles. The van der Waals surface area contributed by atoms with Gasteiger partial charge in [-0.3, -0.25) is 9.59 Å². The van der Waals surface area contributed by atoms with Crippen molar-refractivity contribution in [2.45, 2.75) is 25.7 Å². The molecule has 0 saturated carbocycles. The first kappa shape index (κ1) is 27.2. The van der Waals surface area contributed by atoms with Crippen LogP contribution in [-0.4, -0.2) is 39.8 Å². The van der Waals surface area contributed by atoms with E-state index < -0.39 is 0 Å². The number of nitrogens with zero attached hydrogens (tertiary/aromatic N) is 4. The molecule has 2 aliphatic heterocycles. The number of anilines is 5. The molecule has 6 bridgehead atoms. The van der Waals surface area contributed by atoms with Crippen molar-refractivity contribution in [2.75, 3.05) is 29.0 Å². The molecule has 3 aromatic carbocycles. The number of nitriles is 1. The average Bonchev–Trinajstić information content (AvgIpc) is 3.02. The van der Waals surface area contributed by atoms with Crippen molar-refractivity contribution >= 4 is 52.2 Å². The Morgan fingerprint density at radius 3 is 2.55 bits per heavy atom. The monoisotopic (exact) mass is 577 g/mol. The second kappa shape index (κ2) is 11.9. The van der Waals surface area contributed by atoms with Crippen LogP contribution in [0.2, 0.25) is 5.02 Å². The van der Waals surface area contributed by atoms with Gasteiger partial charge in [0, 0.05) is 41.6 Å². The van der Waals surface area contributed by atoms with Crippen molar-refractivity contribution in [3.63, 3.8) is 0 Å². The zero-order valence-electron chi connectivity index (χ0n) is 22.7.